The fourth-order valence-electron chi connectivity index (χ4n) is 3.11. The first-order valence-electron chi connectivity index (χ1n) is 8.19. The first-order chi connectivity index (χ1) is 12.5. The molecular formula is C17H16BrFN6O. The molecule has 134 valence electrons. The maximum Gasteiger partial charge on any atom is 0.256 e. The van der Waals surface area contributed by atoms with Crippen molar-refractivity contribution in [2.45, 2.75) is 6.92 Å². The van der Waals surface area contributed by atoms with Crippen molar-refractivity contribution >= 4 is 33.4 Å². The van der Waals surface area contributed by atoms with Crippen LogP contribution in [0.3, 0.4) is 0 Å². The summed E-state index contributed by atoms with van der Waals surface area (Å²) in [6.07, 6.45) is 1.47. The summed E-state index contributed by atoms with van der Waals surface area (Å²) in [5.41, 5.74) is 0.946. The van der Waals surface area contributed by atoms with Gasteiger partial charge in [0.15, 0.2) is 0 Å². The average molecular weight is 419 g/mol. The molecule has 4 rings (SSSR count). The van der Waals surface area contributed by atoms with Crippen molar-refractivity contribution in [2.24, 2.45) is 0 Å². The van der Waals surface area contributed by atoms with Gasteiger partial charge in [-0.2, -0.15) is 14.6 Å². The molecule has 0 radical (unpaired) electrons. The molecule has 0 saturated carbocycles. The Hall–Kier alpha value is -2.55. The number of anilines is 1. The Labute approximate surface area is 157 Å². The molecule has 26 heavy (non-hydrogen) atoms. The second kappa shape index (κ2) is 6.64. The topological polar surface area (TPSA) is 66.6 Å². The van der Waals surface area contributed by atoms with Crippen LogP contribution in [0.25, 0.3) is 5.78 Å². The fraction of sp³-hybridized carbons (Fsp3) is 0.294. The van der Waals surface area contributed by atoms with Crippen LogP contribution < -0.4 is 4.90 Å². The zero-order chi connectivity index (χ0) is 18.3. The van der Waals surface area contributed by atoms with Gasteiger partial charge in [0.1, 0.15) is 18.0 Å². The predicted octanol–water partition coefficient (Wildman–Crippen LogP) is 2.30. The van der Waals surface area contributed by atoms with Crippen molar-refractivity contribution in [3.8, 4) is 0 Å². The van der Waals surface area contributed by atoms with Crippen LogP contribution >= 0.6 is 15.9 Å². The third-order valence-corrected chi connectivity index (χ3v) is 4.90. The smallest absolute Gasteiger partial charge is 0.256 e. The lowest BCUT2D eigenvalue weighted by molar-refractivity contribution is 0.0741. The number of aromatic nitrogens is 4. The summed E-state index contributed by atoms with van der Waals surface area (Å²) in [7, 11) is 0. The van der Waals surface area contributed by atoms with Crippen molar-refractivity contribution < 1.29 is 9.18 Å². The summed E-state index contributed by atoms with van der Waals surface area (Å²) in [5.74, 6) is 0.649. The summed E-state index contributed by atoms with van der Waals surface area (Å²) in [4.78, 5) is 24.9. The number of aryl methyl sites for hydroxylation is 1. The number of piperazine rings is 1. The normalized spacial score (nSPS) is 14.9. The second-order valence-electron chi connectivity index (χ2n) is 6.13. The SMILES string of the molecule is Cc1cc(N2CCN(C(=O)c3cc(Br)ccc3F)CC2)n2ncnc2n1. The third kappa shape index (κ3) is 3.03. The molecule has 1 amide bonds. The van der Waals surface area contributed by atoms with Crippen LogP contribution in [0.2, 0.25) is 0 Å². The van der Waals surface area contributed by atoms with E-state index in [0.717, 1.165) is 11.5 Å². The van der Waals surface area contributed by atoms with E-state index in [1.807, 2.05) is 13.0 Å². The number of rotatable bonds is 2. The van der Waals surface area contributed by atoms with Crippen LogP contribution in [0.15, 0.2) is 35.1 Å². The lowest BCUT2D eigenvalue weighted by Gasteiger charge is -2.36. The number of halogens is 2. The Morgan fingerprint density at radius 3 is 2.73 bits per heavy atom. The van der Waals surface area contributed by atoms with Crippen molar-refractivity contribution in [3.63, 3.8) is 0 Å². The molecule has 2 aromatic heterocycles. The highest BCUT2D eigenvalue weighted by Gasteiger charge is 2.25. The molecule has 0 unspecified atom stereocenters. The van der Waals surface area contributed by atoms with Crippen LogP contribution in [0.4, 0.5) is 10.2 Å². The summed E-state index contributed by atoms with van der Waals surface area (Å²) in [6, 6.07) is 6.36. The minimum atomic E-state index is -0.505. The Kier molecular flexibility index (Phi) is 4.31. The van der Waals surface area contributed by atoms with E-state index >= 15 is 0 Å². The lowest BCUT2D eigenvalue weighted by atomic mass is 10.1. The van der Waals surface area contributed by atoms with Crippen LogP contribution in [-0.2, 0) is 0 Å². The molecule has 0 atom stereocenters. The summed E-state index contributed by atoms with van der Waals surface area (Å²) in [6.45, 7) is 4.16. The standard InChI is InChI=1S/C17H16BrFN6O/c1-11-8-15(25-17(22-11)20-10-21-25)23-4-6-24(7-5-23)16(26)13-9-12(18)2-3-14(13)19/h2-3,8-10H,4-7H2,1H3. The molecule has 0 bridgehead atoms. The molecule has 0 N–H and O–H groups in total. The highest BCUT2D eigenvalue weighted by Crippen LogP contribution is 2.21. The summed E-state index contributed by atoms with van der Waals surface area (Å²) >= 11 is 3.29. The van der Waals surface area contributed by atoms with Crippen molar-refractivity contribution in [2.75, 3.05) is 31.1 Å². The predicted molar refractivity (Wildman–Crippen MR) is 97.7 cm³/mol. The largest absolute Gasteiger partial charge is 0.353 e. The Bertz CT molecular complexity index is 983. The monoisotopic (exact) mass is 418 g/mol. The number of amides is 1. The van der Waals surface area contributed by atoms with Crippen molar-refractivity contribution in [1.29, 1.82) is 0 Å². The summed E-state index contributed by atoms with van der Waals surface area (Å²) < 4.78 is 16.4. The molecule has 1 aliphatic rings. The zero-order valence-corrected chi connectivity index (χ0v) is 15.6. The molecule has 0 spiro atoms. The number of carbonyl (C=O) groups is 1. The van der Waals surface area contributed by atoms with Crippen molar-refractivity contribution in [3.05, 3.63) is 52.1 Å². The molecule has 9 heteroatoms. The molecule has 1 aliphatic heterocycles. The molecule has 1 aromatic carbocycles. The molecular weight excluding hydrogens is 403 g/mol. The Morgan fingerprint density at radius 1 is 1.19 bits per heavy atom. The number of fused-ring (bicyclic) bond motifs is 1. The third-order valence-electron chi connectivity index (χ3n) is 4.41. The van der Waals surface area contributed by atoms with E-state index in [1.165, 1.54) is 18.5 Å². The van der Waals surface area contributed by atoms with E-state index in [-0.39, 0.29) is 11.5 Å². The Morgan fingerprint density at radius 2 is 1.96 bits per heavy atom. The van der Waals surface area contributed by atoms with Gasteiger partial charge in [-0.3, -0.25) is 4.79 Å². The van der Waals surface area contributed by atoms with Gasteiger partial charge in [-0.1, -0.05) is 15.9 Å². The first kappa shape index (κ1) is 16.9. The van der Waals surface area contributed by atoms with Gasteiger partial charge in [0.05, 0.1) is 5.56 Å². The van der Waals surface area contributed by atoms with E-state index in [4.69, 9.17) is 0 Å². The number of benzene rings is 1. The van der Waals surface area contributed by atoms with Gasteiger partial charge in [0, 0.05) is 42.4 Å². The molecule has 1 fully saturated rings. The quantitative estimate of drug-likeness (QED) is 0.638. The number of nitrogens with zero attached hydrogens (tertiary/aromatic N) is 6. The van der Waals surface area contributed by atoms with E-state index in [1.54, 1.807) is 15.5 Å². The first-order valence-corrected chi connectivity index (χ1v) is 8.99. The molecule has 3 heterocycles. The van der Waals surface area contributed by atoms with Crippen LogP contribution in [0.5, 0.6) is 0 Å². The van der Waals surface area contributed by atoms with Crippen LogP contribution in [0, 0.1) is 12.7 Å². The van der Waals surface area contributed by atoms with Gasteiger partial charge in [0.2, 0.25) is 0 Å². The van der Waals surface area contributed by atoms with E-state index < -0.39 is 5.82 Å². The van der Waals surface area contributed by atoms with Gasteiger partial charge in [-0.05, 0) is 25.1 Å². The molecule has 7 nitrogen and oxygen atoms in total. The van der Waals surface area contributed by atoms with E-state index in [9.17, 15) is 9.18 Å². The van der Waals surface area contributed by atoms with E-state index in [2.05, 4.69) is 35.9 Å². The minimum absolute atomic E-state index is 0.0891. The summed E-state index contributed by atoms with van der Waals surface area (Å²) in [5, 5.41) is 4.22. The highest BCUT2D eigenvalue weighted by molar-refractivity contribution is 9.10. The molecule has 3 aromatic rings. The molecule has 0 aliphatic carbocycles. The zero-order valence-electron chi connectivity index (χ0n) is 14.1. The van der Waals surface area contributed by atoms with Crippen molar-refractivity contribution in [1.82, 2.24) is 24.5 Å². The second-order valence-corrected chi connectivity index (χ2v) is 7.05. The van der Waals surface area contributed by atoms with Gasteiger partial charge in [0.25, 0.3) is 11.7 Å². The van der Waals surface area contributed by atoms with E-state index in [0.29, 0.717) is 36.4 Å². The maximum absolute atomic E-state index is 14.0. The fourth-order valence-corrected chi connectivity index (χ4v) is 3.47. The lowest BCUT2D eigenvalue weighted by Crippen LogP contribution is -2.49. The van der Waals surface area contributed by atoms with Gasteiger partial charge in [-0.25, -0.2) is 9.37 Å². The van der Waals surface area contributed by atoms with Gasteiger partial charge in [-0.15, -0.1) is 0 Å². The number of hydrogen-bond donors (Lipinski definition) is 0. The molecule has 1 saturated heterocycles. The van der Waals surface area contributed by atoms with Crippen LogP contribution in [0.1, 0.15) is 16.1 Å². The maximum atomic E-state index is 14.0. The average Bonchev–Trinajstić information content (AvgIpc) is 3.11. The van der Waals surface area contributed by atoms with Gasteiger partial charge >= 0.3 is 0 Å². The highest BCUT2D eigenvalue weighted by atomic mass is 79.9. The van der Waals surface area contributed by atoms with Gasteiger partial charge < -0.3 is 9.80 Å². The Balaban J connectivity index is 1.53. The number of carbonyl (C=O) groups excluding carboxylic acids is 1. The number of hydrogen-bond acceptors (Lipinski definition) is 5. The van der Waals surface area contributed by atoms with Crippen LogP contribution in [-0.4, -0.2) is 56.6 Å². The minimum Gasteiger partial charge on any atom is -0.353 e.